The second-order valence-electron chi connectivity index (χ2n) is 5.76. The van der Waals surface area contributed by atoms with Gasteiger partial charge in [0.25, 0.3) is 0 Å². The van der Waals surface area contributed by atoms with Gasteiger partial charge in [0, 0.05) is 19.0 Å². The fourth-order valence-corrected chi connectivity index (χ4v) is 3.71. The van der Waals surface area contributed by atoms with Crippen molar-refractivity contribution in [2.24, 2.45) is 11.8 Å². The first-order valence-electron chi connectivity index (χ1n) is 7.27. The number of thiophene rings is 1. The molecular weight excluding hydrogens is 270 g/mol. The molecule has 0 aromatic carbocycles. The molecule has 0 bridgehead atoms. The first-order valence-corrected chi connectivity index (χ1v) is 8.08. The topological polar surface area (TPSA) is 70.1 Å². The second kappa shape index (κ2) is 5.10. The van der Waals surface area contributed by atoms with Gasteiger partial charge in [0.15, 0.2) is 5.78 Å². The Hall–Kier alpha value is -1.54. The van der Waals surface area contributed by atoms with E-state index in [4.69, 9.17) is 5.73 Å². The van der Waals surface area contributed by atoms with Crippen molar-refractivity contribution in [3.05, 3.63) is 10.4 Å². The van der Waals surface area contributed by atoms with Crippen molar-refractivity contribution in [2.45, 2.75) is 32.6 Å². The van der Waals surface area contributed by atoms with E-state index < -0.39 is 0 Å². The fourth-order valence-electron chi connectivity index (χ4n) is 2.44. The Morgan fingerprint density at radius 3 is 2.65 bits per heavy atom. The third kappa shape index (κ3) is 2.40. The first kappa shape index (κ1) is 13.4. The van der Waals surface area contributed by atoms with Crippen molar-refractivity contribution in [1.29, 1.82) is 5.26 Å². The smallest absolute Gasteiger partial charge is 0.178 e. The van der Waals surface area contributed by atoms with Gasteiger partial charge in [-0.05, 0) is 38.5 Å². The van der Waals surface area contributed by atoms with Gasteiger partial charge in [0.2, 0.25) is 0 Å². The highest BCUT2D eigenvalue weighted by Crippen LogP contribution is 2.43. The second-order valence-corrected chi connectivity index (χ2v) is 6.76. The van der Waals surface area contributed by atoms with Crippen molar-refractivity contribution in [1.82, 2.24) is 0 Å². The van der Waals surface area contributed by atoms with Gasteiger partial charge in [-0.25, -0.2) is 0 Å². The fraction of sp³-hybridized carbons (Fsp3) is 0.600. The summed E-state index contributed by atoms with van der Waals surface area (Å²) in [7, 11) is 0. The number of Topliss-reactive ketones (excluding diaryl/α,β-unsaturated/α-hetero) is 1. The lowest BCUT2D eigenvalue weighted by atomic mass is 10.1. The van der Waals surface area contributed by atoms with Crippen LogP contribution < -0.4 is 10.6 Å². The molecule has 0 saturated heterocycles. The molecule has 1 aromatic rings. The normalized spacial score (nSPS) is 17.8. The van der Waals surface area contributed by atoms with Gasteiger partial charge in [-0.1, -0.05) is 0 Å². The SMILES string of the molecule is CCN(CC1CC1)c1sc(C(=O)C2CC2)c(N)c1C#N. The molecule has 0 amide bonds. The van der Waals surface area contributed by atoms with Crippen LogP contribution in [-0.4, -0.2) is 18.9 Å². The van der Waals surface area contributed by atoms with Crippen LogP contribution in [0.5, 0.6) is 0 Å². The van der Waals surface area contributed by atoms with Gasteiger partial charge in [-0.3, -0.25) is 4.79 Å². The zero-order valence-corrected chi connectivity index (χ0v) is 12.5. The van der Waals surface area contributed by atoms with E-state index in [-0.39, 0.29) is 11.7 Å². The third-order valence-corrected chi connectivity index (χ3v) is 5.34. The van der Waals surface area contributed by atoms with E-state index in [0.717, 1.165) is 36.9 Å². The zero-order valence-electron chi connectivity index (χ0n) is 11.7. The number of ketones is 1. The quantitative estimate of drug-likeness (QED) is 0.817. The predicted molar refractivity (Wildman–Crippen MR) is 81.1 cm³/mol. The van der Waals surface area contributed by atoms with Crippen LogP contribution in [0.3, 0.4) is 0 Å². The molecule has 3 rings (SSSR count). The molecule has 20 heavy (non-hydrogen) atoms. The van der Waals surface area contributed by atoms with Crippen LogP contribution >= 0.6 is 11.3 Å². The molecule has 2 N–H and O–H groups in total. The molecule has 1 aromatic heterocycles. The maximum Gasteiger partial charge on any atom is 0.178 e. The molecule has 2 aliphatic rings. The average molecular weight is 289 g/mol. The molecule has 2 fully saturated rings. The number of anilines is 2. The van der Waals surface area contributed by atoms with Crippen molar-refractivity contribution in [3.8, 4) is 6.07 Å². The number of nitrogens with two attached hydrogens (primary N) is 1. The third-order valence-electron chi connectivity index (χ3n) is 4.05. The Morgan fingerprint density at radius 1 is 1.45 bits per heavy atom. The maximum absolute atomic E-state index is 12.3. The van der Waals surface area contributed by atoms with Gasteiger partial charge in [-0.15, -0.1) is 11.3 Å². The lowest BCUT2D eigenvalue weighted by Crippen LogP contribution is -2.24. The summed E-state index contributed by atoms with van der Waals surface area (Å²) >= 11 is 1.42. The van der Waals surface area contributed by atoms with E-state index in [2.05, 4.69) is 17.9 Å². The van der Waals surface area contributed by atoms with E-state index in [0.29, 0.717) is 16.1 Å². The van der Waals surface area contributed by atoms with E-state index in [9.17, 15) is 10.1 Å². The Morgan fingerprint density at radius 2 is 2.15 bits per heavy atom. The van der Waals surface area contributed by atoms with E-state index in [1.54, 1.807) is 0 Å². The van der Waals surface area contributed by atoms with Gasteiger partial charge in [0.05, 0.1) is 10.6 Å². The van der Waals surface area contributed by atoms with Gasteiger partial charge < -0.3 is 10.6 Å². The van der Waals surface area contributed by atoms with Crippen LogP contribution in [0, 0.1) is 23.2 Å². The highest BCUT2D eigenvalue weighted by molar-refractivity contribution is 7.19. The molecule has 5 heteroatoms. The Balaban J connectivity index is 1.94. The molecule has 0 unspecified atom stereocenters. The number of rotatable bonds is 6. The minimum atomic E-state index is 0.137. The Kier molecular flexibility index (Phi) is 3.43. The van der Waals surface area contributed by atoms with E-state index >= 15 is 0 Å². The van der Waals surface area contributed by atoms with Crippen LogP contribution in [0.25, 0.3) is 0 Å². The summed E-state index contributed by atoms with van der Waals surface area (Å²) in [6.07, 6.45) is 4.47. The summed E-state index contributed by atoms with van der Waals surface area (Å²) < 4.78 is 0. The molecule has 2 saturated carbocycles. The summed E-state index contributed by atoms with van der Waals surface area (Å²) in [6, 6.07) is 2.20. The largest absolute Gasteiger partial charge is 0.396 e. The lowest BCUT2D eigenvalue weighted by Gasteiger charge is -2.21. The molecule has 1 heterocycles. The number of hydrogen-bond acceptors (Lipinski definition) is 5. The predicted octanol–water partition coefficient (Wildman–Crippen LogP) is 3.03. The Bertz CT molecular complexity index is 579. The summed E-state index contributed by atoms with van der Waals surface area (Å²) in [4.78, 5) is 15.1. The van der Waals surface area contributed by atoms with Crippen molar-refractivity contribution in [3.63, 3.8) is 0 Å². The number of nitrogen functional groups attached to an aromatic ring is 1. The van der Waals surface area contributed by atoms with Crippen molar-refractivity contribution < 1.29 is 4.79 Å². The molecule has 0 atom stereocenters. The number of nitrogens with zero attached hydrogens (tertiary/aromatic N) is 2. The molecule has 4 nitrogen and oxygen atoms in total. The summed E-state index contributed by atoms with van der Waals surface area (Å²) in [5, 5.41) is 10.3. The summed E-state index contributed by atoms with van der Waals surface area (Å²) in [6.45, 7) is 3.91. The van der Waals surface area contributed by atoms with E-state index in [1.165, 1.54) is 24.2 Å². The average Bonchev–Trinajstić information content (AvgIpc) is 3.34. The summed E-state index contributed by atoms with van der Waals surface area (Å²) in [5.41, 5.74) is 6.96. The number of carbonyl (C=O) groups excluding carboxylic acids is 1. The standard InChI is InChI=1S/C15H19N3OS/c1-2-18(8-9-3-4-9)15-11(7-16)12(17)14(20-15)13(19)10-5-6-10/h9-10H,2-6,8,17H2,1H3. The molecule has 0 spiro atoms. The number of hydrogen-bond donors (Lipinski definition) is 1. The van der Waals surface area contributed by atoms with Gasteiger partial charge in [0.1, 0.15) is 16.6 Å². The molecule has 2 aliphatic carbocycles. The molecule has 106 valence electrons. The highest BCUT2D eigenvalue weighted by atomic mass is 32.1. The summed E-state index contributed by atoms with van der Waals surface area (Å²) in [5.74, 6) is 1.03. The zero-order chi connectivity index (χ0) is 14.3. The maximum atomic E-state index is 12.3. The van der Waals surface area contributed by atoms with Gasteiger partial charge in [-0.2, -0.15) is 5.26 Å². The Labute approximate surface area is 123 Å². The van der Waals surface area contributed by atoms with Crippen LogP contribution in [-0.2, 0) is 0 Å². The lowest BCUT2D eigenvalue weighted by molar-refractivity contribution is 0.0972. The number of carbonyl (C=O) groups is 1. The minimum Gasteiger partial charge on any atom is -0.396 e. The van der Waals surface area contributed by atoms with E-state index in [1.807, 2.05) is 0 Å². The molecule has 0 radical (unpaired) electrons. The first-order chi connectivity index (χ1) is 9.65. The van der Waals surface area contributed by atoms with Gasteiger partial charge >= 0.3 is 0 Å². The highest BCUT2D eigenvalue weighted by Gasteiger charge is 2.35. The van der Waals surface area contributed by atoms with Crippen molar-refractivity contribution >= 4 is 27.8 Å². The van der Waals surface area contributed by atoms with Crippen LogP contribution in [0.4, 0.5) is 10.7 Å². The van der Waals surface area contributed by atoms with Crippen molar-refractivity contribution in [2.75, 3.05) is 23.7 Å². The minimum absolute atomic E-state index is 0.137. The molecule has 0 aliphatic heterocycles. The molecular formula is C15H19N3OS. The monoisotopic (exact) mass is 289 g/mol. The van der Waals surface area contributed by atoms with Crippen LogP contribution in [0.15, 0.2) is 0 Å². The van der Waals surface area contributed by atoms with Crippen LogP contribution in [0.1, 0.15) is 47.8 Å². The number of nitriles is 1. The van der Waals surface area contributed by atoms with Crippen LogP contribution in [0.2, 0.25) is 0 Å².